The van der Waals surface area contributed by atoms with Crippen molar-refractivity contribution < 1.29 is 9.21 Å². The number of hydrogen-bond donors (Lipinski definition) is 1. The van der Waals surface area contributed by atoms with Crippen LogP contribution in [-0.4, -0.2) is 41.5 Å². The predicted molar refractivity (Wildman–Crippen MR) is 80.0 cm³/mol. The summed E-state index contributed by atoms with van der Waals surface area (Å²) in [6.07, 6.45) is 0. The van der Waals surface area contributed by atoms with Gasteiger partial charge in [-0.15, -0.1) is 0 Å². The second-order valence-corrected chi connectivity index (χ2v) is 5.35. The zero-order valence-corrected chi connectivity index (χ0v) is 12.3. The quantitative estimate of drug-likeness (QED) is 0.918. The van der Waals surface area contributed by atoms with Crippen molar-refractivity contribution >= 4 is 5.91 Å². The highest BCUT2D eigenvalue weighted by Gasteiger charge is 2.28. The molecule has 5 nitrogen and oxygen atoms in total. The van der Waals surface area contributed by atoms with Crippen molar-refractivity contribution in [3.63, 3.8) is 0 Å². The molecule has 1 aromatic carbocycles. The molecule has 1 aliphatic heterocycles. The fourth-order valence-electron chi connectivity index (χ4n) is 2.57. The number of hydrogen-bond acceptors (Lipinski definition) is 4. The number of benzene rings is 1. The molecule has 0 bridgehead atoms. The third kappa shape index (κ3) is 2.69. The number of aryl methyl sites for hydroxylation is 1. The molecule has 1 atom stereocenters. The van der Waals surface area contributed by atoms with Crippen molar-refractivity contribution in [1.29, 1.82) is 0 Å². The van der Waals surface area contributed by atoms with Gasteiger partial charge in [-0.3, -0.25) is 4.79 Å². The van der Waals surface area contributed by atoms with Crippen LogP contribution in [0.4, 0.5) is 0 Å². The van der Waals surface area contributed by atoms with E-state index in [0.29, 0.717) is 23.9 Å². The van der Waals surface area contributed by atoms with Crippen molar-refractivity contribution in [3.05, 3.63) is 41.8 Å². The van der Waals surface area contributed by atoms with Gasteiger partial charge in [-0.05, 0) is 26.0 Å². The molecule has 5 heteroatoms. The van der Waals surface area contributed by atoms with Gasteiger partial charge in [0.05, 0.1) is 5.69 Å². The Morgan fingerprint density at radius 3 is 2.86 bits per heavy atom. The lowest BCUT2D eigenvalue weighted by molar-refractivity contribution is 0.0623. The number of carbonyl (C=O) groups excluding carboxylic acids is 1. The van der Waals surface area contributed by atoms with Crippen LogP contribution < -0.4 is 5.32 Å². The van der Waals surface area contributed by atoms with Gasteiger partial charge in [0.1, 0.15) is 0 Å². The summed E-state index contributed by atoms with van der Waals surface area (Å²) in [7, 11) is 0. The van der Waals surface area contributed by atoms with E-state index in [2.05, 4.69) is 10.3 Å². The van der Waals surface area contributed by atoms with Crippen LogP contribution >= 0.6 is 0 Å². The molecule has 0 spiro atoms. The second kappa shape index (κ2) is 5.69. The maximum absolute atomic E-state index is 12.6. The summed E-state index contributed by atoms with van der Waals surface area (Å²) in [6, 6.07) is 9.80. The summed E-state index contributed by atoms with van der Waals surface area (Å²) in [5.74, 6) is 0.776. The van der Waals surface area contributed by atoms with E-state index in [1.54, 1.807) is 0 Å². The average Bonchev–Trinajstić information content (AvgIpc) is 2.90. The zero-order chi connectivity index (χ0) is 14.8. The molecular formula is C16H19N3O2. The predicted octanol–water partition coefficient (Wildman–Crippen LogP) is 2.08. The van der Waals surface area contributed by atoms with E-state index >= 15 is 0 Å². The number of nitrogens with one attached hydrogen (secondary N) is 1. The molecule has 2 heterocycles. The normalized spacial score (nSPS) is 18.8. The van der Waals surface area contributed by atoms with Crippen LogP contribution in [0.25, 0.3) is 11.5 Å². The Morgan fingerprint density at radius 1 is 1.38 bits per heavy atom. The van der Waals surface area contributed by atoms with Gasteiger partial charge in [-0.1, -0.05) is 18.2 Å². The SMILES string of the molecule is Cc1nc(-c2ccccc2)oc1C(=O)N1CCNC[C@H]1C. The van der Waals surface area contributed by atoms with Gasteiger partial charge >= 0.3 is 0 Å². The number of amides is 1. The van der Waals surface area contributed by atoms with Gasteiger partial charge in [-0.25, -0.2) is 4.98 Å². The zero-order valence-electron chi connectivity index (χ0n) is 12.3. The molecule has 1 saturated heterocycles. The first kappa shape index (κ1) is 13.8. The Morgan fingerprint density at radius 2 is 2.14 bits per heavy atom. The molecule has 0 saturated carbocycles. The third-order valence-electron chi connectivity index (χ3n) is 3.77. The van der Waals surface area contributed by atoms with Crippen molar-refractivity contribution in [2.75, 3.05) is 19.6 Å². The van der Waals surface area contributed by atoms with E-state index in [-0.39, 0.29) is 11.9 Å². The van der Waals surface area contributed by atoms with Gasteiger partial charge in [0, 0.05) is 31.2 Å². The van der Waals surface area contributed by atoms with Crippen LogP contribution in [0.2, 0.25) is 0 Å². The van der Waals surface area contributed by atoms with Crippen LogP contribution in [0.15, 0.2) is 34.7 Å². The first-order valence-corrected chi connectivity index (χ1v) is 7.21. The number of oxazole rings is 1. The monoisotopic (exact) mass is 285 g/mol. The maximum atomic E-state index is 12.6. The Bertz CT molecular complexity index is 636. The molecule has 1 aliphatic rings. The summed E-state index contributed by atoms with van der Waals surface area (Å²) in [4.78, 5) is 18.9. The number of rotatable bonds is 2. The molecule has 2 aromatic rings. The molecule has 1 N–H and O–H groups in total. The van der Waals surface area contributed by atoms with Crippen LogP contribution in [-0.2, 0) is 0 Å². The fourth-order valence-corrected chi connectivity index (χ4v) is 2.57. The third-order valence-corrected chi connectivity index (χ3v) is 3.77. The first-order chi connectivity index (χ1) is 10.2. The van der Waals surface area contributed by atoms with Crippen LogP contribution in [0.1, 0.15) is 23.2 Å². The molecular weight excluding hydrogens is 266 g/mol. The van der Waals surface area contributed by atoms with Gasteiger partial charge in [0.15, 0.2) is 0 Å². The average molecular weight is 285 g/mol. The fraction of sp³-hybridized carbons (Fsp3) is 0.375. The molecule has 0 radical (unpaired) electrons. The Labute approximate surface area is 124 Å². The number of piperazine rings is 1. The van der Waals surface area contributed by atoms with Crippen LogP contribution in [0.3, 0.4) is 0 Å². The van der Waals surface area contributed by atoms with E-state index in [9.17, 15) is 4.79 Å². The minimum absolute atomic E-state index is 0.0730. The molecule has 0 unspecified atom stereocenters. The smallest absolute Gasteiger partial charge is 0.291 e. The maximum Gasteiger partial charge on any atom is 0.291 e. The summed E-state index contributed by atoms with van der Waals surface area (Å²) in [5, 5.41) is 3.28. The largest absolute Gasteiger partial charge is 0.431 e. The van der Waals surface area contributed by atoms with Crippen LogP contribution in [0, 0.1) is 6.92 Å². The highest BCUT2D eigenvalue weighted by Crippen LogP contribution is 2.23. The van der Waals surface area contributed by atoms with Crippen molar-refractivity contribution in [2.24, 2.45) is 0 Å². The molecule has 1 fully saturated rings. The minimum Gasteiger partial charge on any atom is -0.431 e. The van der Waals surface area contributed by atoms with Gasteiger partial charge < -0.3 is 14.6 Å². The van der Waals surface area contributed by atoms with Gasteiger partial charge in [0.2, 0.25) is 11.7 Å². The summed E-state index contributed by atoms with van der Waals surface area (Å²) in [6.45, 7) is 6.17. The Hall–Kier alpha value is -2.14. The lowest BCUT2D eigenvalue weighted by Gasteiger charge is -2.33. The molecule has 110 valence electrons. The number of carbonyl (C=O) groups is 1. The van der Waals surface area contributed by atoms with E-state index in [0.717, 1.165) is 18.7 Å². The summed E-state index contributed by atoms with van der Waals surface area (Å²) in [5.41, 5.74) is 1.53. The molecule has 1 amide bonds. The molecule has 21 heavy (non-hydrogen) atoms. The van der Waals surface area contributed by atoms with Crippen molar-refractivity contribution in [2.45, 2.75) is 19.9 Å². The Balaban J connectivity index is 1.89. The Kier molecular flexibility index (Phi) is 3.75. The minimum atomic E-state index is -0.0730. The highest BCUT2D eigenvalue weighted by molar-refractivity contribution is 5.93. The van der Waals surface area contributed by atoms with E-state index < -0.39 is 0 Å². The number of nitrogens with zero attached hydrogens (tertiary/aromatic N) is 2. The van der Waals surface area contributed by atoms with Gasteiger partial charge in [0.25, 0.3) is 5.91 Å². The van der Waals surface area contributed by atoms with Crippen molar-refractivity contribution in [3.8, 4) is 11.5 Å². The van der Waals surface area contributed by atoms with E-state index in [4.69, 9.17) is 4.42 Å². The molecule has 3 rings (SSSR count). The van der Waals surface area contributed by atoms with Gasteiger partial charge in [-0.2, -0.15) is 0 Å². The van der Waals surface area contributed by atoms with E-state index in [1.165, 1.54) is 0 Å². The van der Waals surface area contributed by atoms with Crippen LogP contribution in [0.5, 0.6) is 0 Å². The highest BCUT2D eigenvalue weighted by atomic mass is 16.4. The standard InChI is InChI=1S/C16H19N3O2/c1-11-10-17-8-9-19(11)16(20)14-12(2)18-15(21-14)13-6-4-3-5-7-13/h3-7,11,17H,8-10H2,1-2H3/t11-/m1/s1. The topological polar surface area (TPSA) is 58.4 Å². The number of aromatic nitrogens is 1. The summed E-state index contributed by atoms with van der Waals surface area (Å²) >= 11 is 0. The lowest BCUT2D eigenvalue weighted by Crippen LogP contribution is -2.52. The summed E-state index contributed by atoms with van der Waals surface area (Å²) < 4.78 is 5.74. The second-order valence-electron chi connectivity index (χ2n) is 5.35. The molecule has 1 aromatic heterocycles. The lowest BCUT2D eigenvalue weighted by atomic mass is 10.2. The van der Waals surface area contributed by atoms with E-state index in [1.807, 2.05) is 49.1 Å². The molecule has 0 aliphatic carbocycles. The van der Waals surface area contributed by atoms with Crippen molar-refractivity contribution in [1.82, 2.24) is 15.2 Å². The first-order valence-electron chi connectivity index (χ1n) is 7.21.